The van der Waals surface area contributed by atoms with Crippen molar-refractivity contribution >= 4 is 17.4 Å². The van der Waals surface area contributed by atoms with E-state index in [1.807, 2.05) is 0 Å². The van der Waals surface area contributed by atoms with Gasteiger partial charge in [-0.25, -0.2) is 0 Å². The fraction of sp³-hybridized carbons (Fsp3) is 1.00. The first kappa shape index (κ1) is 10.4. The first-order valence-electron chi connectivity index (χ1n) is 1.89. The molecular weight excluding hydrogens is 107 g/mol. The van der Waals surface area contributed by atoms with Crippen LogP contribution in [0.25, 0.3) is 0 Å². The highest BCUT2D eigenvalue weighted by Gasteiger charge is 1.73. The predicted octanol–water partition coefficient (Wildman–Crippen LogP) is -0.102. The van der Waals surface area contributed by atoms with Gasteiger partial charge in [0, 0.05) is 31.6 Å². The van der Waals surface area contributed by atoms with Crippen molar-refractivity contribution in [2.45, 2.75) is 0 Å². The summed E-state index contributed by atoms with van der Waals surface area (Å²) in [6.07, 6.45) is 0. The fourth-order valence-corrected chi connectivity index (χ4v) is 0.167. The Hall–Kier alpha value is 0.452. The Labute approximate surface area is 54.9 Å². The highest BCUT2D eigenvalue weighted by molar-refractivity contribution is 5.75. The Morgan fingerprint density at radius 1 is 1.00 bits per heavy atom. The van der Waals surface area contributed by atoms with Gasteiger partial charge in [-0.15, -0.1) is 0 Å². The summed E-state index contributed by atoms with van der Waals surface area (Å²) < 4.78 is 9.31. The second kappa shape index (κ2) is 9.68. The molecule has 0 saturated carbocycles. The molecule has 0 unspecified atom stereocenters. The lowest BCUT2D eigenvalue weighted by atomic mass is 10.8. The van der Waals surface area contributed by atoms with Crippen LogP contribution in [0.3, 0.4) is 0 Å². The molecule has 0 bridgehead atoms. The molecule has 0 aromatic carbocycles. The summed E-state index contributed by atoms with van der Waals surface area (Å²) in [5.41, 5.74) is 0. The highest BCUT2D eigenvalue weighted by Crippen LogP contribution is 1.65. The Morgan fingerprint density at radius 2 is 1.29 bits per heavy atom. The standard InChI is InChI=1S/C4H10O2.Al/c1-5-3-4-6-2;/h3-4H2,1-2H3;. The van der Waals surface area contributed by atoms with Crippen LogP contribution < -0.4 is 0 Å². The maximum absolute atomic E-state index is 4.66. The molecule has 0 aliphatic carbocycles. The Kier molecular flexibility index (Phi) is 14.4. The molecule has 0 aliphatic rings. The summed E-state index contributed by atoms with van der Waals surface area (Å²) in [7, 11) is 3.30. The summed E-state index contributed by atoms with van der Waals surface area (Å²) in [4.78, 5) is 0. The molecule has 0 N–H and O–H groups in total. The van der Waals surface area contributed by atoms with Gasteiger partial charge < -0.3 is 9.47 Å². The van der Waals surface area contributed by atoms with Crippen LogP contribution >= 0.6 is 0 Å². The zero-order chi connectivity index (χ0) is 4.83. The monoisotopic (exact) mass is 117 g/mol. The van der Waals surface area contributed by atoms with Gasteiger partial charge in [-0.1, -0.05) is 0 Å². The van der Waals surface area contributed by atoms with E-state index < -0.39 is 0 Å². The van der Waals surface area contributed by atoms with Crippen molar-refractivity contribution in [1.82, 2.24) is 0 Å². The average molecular weight is 117 g/mol. The lowest BCUT2D eigenvalue weighted by molar-refractivity contribution is 0.103. The third-order valence-corrected chi connectivity index (χ3v) is 0.492. The molecular formula is C4H10AlO2. The van der Waals surface area contributed by atoms with E-state index in [0.717, 1.165) is 0 Å². The molecule has 41 valence electrons. The van der Waals surface area contributed by atoms with Crippen molar-refractivity contribution in [3.63, 3.8) is 0 Å². The lowest BCUT2D eigenvalue weighted by Gasteiger charge is -1.91. The van der Waals surface area contributed by atoms with Gasteiger partial charge in [0.05, 0.1) is 13.2 Å². The Morgan fingerprint density at radius 3 is 1.43 bits per heavy atom. The molecule has 0 atom stereocenters. The molecule has 7 heavy (non-hydrogen) atoms. The molecule has 3 heteroatoms. The molecule has 0 aromatic rings. The second-order valence-electron chi connectivity index (χ2n) is 0.986. The van der Waals surface area contributed by atoms with Crippen LogP contribution in [0.15, 0.2) is 0 Å². The minimum Gasteiger partial charge on any atom is -0.382 e. The Bertz CT molecular complexity index is 21.7. The van der Waals surface area contributed by atoms with E-state index in [1.165, 1.54) is 0 Å². The Balaban J connectivity index is 0. The molecule has 0 saturated heterocycles. The molecule has 0 aliphatic heterocycles. The van der Waals surface area contributed by atoms with Gasteiger partial charge in [0.25, 0.3) is 0 Å². The smallest absolute Gasteiger partial charge is 0.0696 e. The summed E-state index contributed by atoms with van der Waals surface area (Å²) in [5, 5.41) is 0. The van der Waals surface area contributed by atoms with E-state index in [2.05, 4.69) is 9.47 Å². The van der Waals surface area contributed by atoms with E-state index in [-0.39, 0.29) is 17.4 Å². The third kappa shape index (κ3) is 10.7. The van der Waals surface area contributed by atoms with Crippen molar-refractivity contribution in [3.05, 3.63) is 0 Å². The van der Waals surface area contributed by atoms with Gasteiger partial charge in [0.15, 0.2) is 0 Å². The van der Waals surface area contributed by atoms with Crippen LogP contribution in [0.5, 0.6) is 0 Å². The van der Waals surface area contributed by atoms with Crippen molar-refractivity contribution < 1.29 is 9.47 Å². The number of hydrogen-bond acceptors (Lipinski definition) is 2. The number of ether oxygens (including phenoxy) is 2. The normalized spacial score (nSPS) is 7.71. The molecule has 0 heterocycles. The molecule has 3 radical (unpaired) electrons. The van der Waals surface area contributed by atoms with Crippen molar-refractivity contribution in [1.29, 1.82) is 0 Å². The van der Waals surface area contributed by atoms with E-state index in [9.17, 15) is 0 Å². The molecule has 0 amide bonds. The minimum atomic E-state index is 0. The van der Waals surface area contributed by atoms with Gasteiger partial charge in [-0.2, -0.15) is 0 Å². The molecule has 0 rings (SSSR count). The molecule has 0 spiro atoms. The van der Waals surface area contributed by atoms with Gasteiger partial charge in [0.1, 0.15) is 0 Å². The number of rotatable bonds is 3. The second-order valence-corrected chi connectivity index (χ2v) is 0.986. The van der Waals surface area contributed by atoms with Gasteiger partial charge in [-0.05, 0) is 0 Å². The molecule has 0 fully saturated rings. The van der Waals surface area contributed by atoms with Crippen LogP contribution in [0.1, 0.15) is 0 Å². The van der Waals surface area contributed by atoms with Crippen molar-refractivity contribution in [2.24, 2.45) is 0 Å². The first-order valence-corrected chi connectivity index (χ1v) is 1.89. The minimum absolute atomic E-state index is 0. The van der Waals surface area contributed by atoms with Crippen LogP contribution in [0.4, 0.5) is 0 Å². The summed E-state index contributed by atoms with van der Waals surface area (Å²) >= 11 is 0. The zero-order valence-electron chi connectivity index (χ0n) is 4.81. The predicted molar refractivity (Wildman–Crippen MR) is 29.5 cm³/mol. The summed E-state index contributed by atoms with van der Waals surface area (Å²) in [5.74, 6) is 0. The molecule has 2 nitrogen and oxygen atoms in total. The highest BCUT2D eigenvalue weighted by atomic mass is 27.0. The van der Waals surface area contributed by atoms with E-state index in [1.54, 1.807) is 14.2 Å². The summed E-state index contributed by atoms with van der Waals surface area (Å²) in [6.45, 7) is 1.38. The van der Waals surface area contributed by atoms with E-state index >= 15 is 0 Å². The van der Waals surface area contributed by atoms with Gasteiger partial charge >= 0.3 is 0 Å². The van der Waals surface area contributed by atoms with Crippen LogP contribution in [0, 0.1) is 0 Å². The van der Waals surface area contributed by atoms with E-state index in [4.69, 9.17) is 0 Å². The van der Waals surface area contributed by atoms with Gasteiger partial charge in [0.2, 0.25) is 0 Å². The zero-order valence-corrected chi connectivity index (χ0v) is 5.96. The molecule has 0 aromatic heterocycles. The average Bonchev–Trinajstić information content (AvgIpc) is 1.61. The maximum atomic E-state index is 4.66. The largest absolute Gasteiger partial charge is 0.382 e. The van der Waals surface area contributed by atoms with Gasteiger partial charge in [-0.3, -0.25) is 0 Å². The maximum Gasteiger partial charge on any atom is 0.0696 e. The van der Waals surface area contributed by atoms with Crippen LogP contribution in [-0.2, 0) is 9.47 Å². The van der Waals surface area contributed by atoms with Crippen LogP contribution in [-0.4, -0.2) is 44.8 Å². The van der Waals surface area contributed by atoms with Crippen molar-refractivity contribution in [3.8, 4) is 0 Å². The summed E-state index contributed by atoms with van der Waals surface area (Å²) in [6, 6.07) is 0. The van der Waals surface area contributed by atoms with E-state index in [0.29, 0.717) is 13.2 Å². The topological polar surface area (TPSA) is 18.5 Å². The lowest BCUT2D eigenvalue weighted by Crippen LogP contribution is -1.96. The van der Waals surface area contributed by atoms with Crippen molar-refractivity contribution in [2.75, 3.05) is 27.4 Å². The number of hydrogen-bond donors (Lipinski definition) is 0. The number of methoxy groups -OCH3 is 2. The SMILES string of the molecule is COCCOC.[Al]. The fourth-order valence-electron chi connectivity index (χ4n) is 0.167. The first-order chi connectivity index (χ1) is 2.91. The third-order valence-electron chi connectivity index (χ3n) is 0.492. The quantitative estimate of drug-likeness (QED) is 0.379. The van der Waals surface area contributed by atoms with Crippen LogP contribution in [0.2, 0.25) is 0 Å².